The number of esters is 1. The van der Waals surface area contributed by atoms with E-state index in [4.69, 9.17) is 16.3 Å². The van der Waals surface area contributed by atoms with E-state index in [-0.39, 0.29) is 15.5 Å². The number of para-hydroxylation sites is 1. The predicted octanol–water partition coefficient (Wildman–Crippen LogP) is 3.80. The number of sulfonamides is 1. The van der Waals surface area contributed by atoms with Crippen LogP contribution in [0.3, 0.4) is 0 Å². The highest BCUT2D eigenvalue weighted by atomic mass is 35.5. The number of hydrogen-bond donors (Lipinski definition) is 1. The summed E-state index contributed by atoms with van der Waals surface area (Å²) in [6.07, 6.45) is 2.31. The maximum atomic E-state index is 13.3. The van der Waals surface area contributed by atoms with Crippen LogP contribution >= 0.6 is 11.6 Å². The van der Waals surface area contributed by atoms with Crippen molar-refractivity contribution in [3.05, 3.63) is 58.6 Å². The average molecular weight is 479 g/mol. The molecule has 0 bridgehead atoms. The number of nitrogens with one attached hydrogen (secondary N) is 1. The molecule has 172 valence electrons. The molecule has 0 aromatic heterocycles. The van der Waals surface area contributed by atoms with Gasteiger partial charge in [0.05, 0.1) is 21.2 Å². The first-order valence-electron chi connectivity index (χ1n) is 10.5. The summed E-state index contributed by atoms with van der Waals surface area (Å²) >= 11 is 6.13. The Balaban J connectivity index is 1.76. The molecule has 1 aliphatic rings. The molecule has 1 heterocycles. The fourth-order valence-electron chi connectivity index (χ4n) is 3.46. The summed E-state index contributed by atoms with van der Waals surface area (Å²) in [6.45, 7) is 4.44. The summed E-state index contributed by atoms with van der Waals surface area (Å²) in [5, 5.41) is 2.72. The summed E-state index contributed by atoms with van der Waals surface area (Å²) in [4.78, 5) is 24.3. The molecule has 3 rings (SSSR count). The third-order valence-corrected chi connectivity index (χ3v) is 7.33. The quantitative estimate of drug-likeness (QED) is 0.582. The van der Waals surface area contributed by atoms with Crippen LogP contribution in [0.1, 0.15) is 42.6 Å². The lowest BCUT2D eigenvalue weighted by molar-refractivity contribution is -0.124. The number of carbonyl (C=O) groups is 2. The topological polar surface area (TPSA) is 92.8 Å². The third-order valence-electron chi connectivity index (χ3n) is 5.19. The van der Waals surface area contributed by atoms with Crippen molar-refractivity contribution in [1.29, 1.82) is 0 Å². The van der Waals surface area contributed by atoms with Crippen molar-refractivity contribution in [3.8, 4) is 0 Å². The zero-order chi connectivity index (χ0) is 23.3. The van der Waals surface area contributed by atoms with Crippen LogP contribution in [0.15, 0.2) is 47.4 Å². The van der Waals surface area contributed by atoms with Crippen LogP contribution in [0.4, 0.5) is 5.69 Å². The summed E-state index contributed by atoms with van der Waals surface area (Å²) in [5.41, 5.74) is 1.49. The summed E-state index contributed by atoms with van der Waals surface area (Å²) in [7, 11) is -3.91. The molecule has 32 heavy (non-hydrogen) atoms. The lowest BCUT2D eigenvalue weighted by atomic mass is 10.0. The van der Waals surface area contributed by atoms with E-state index in [1.165, 1.54) is 22.5 Å². The number of hydrogen-bond acceptors (Lipinski definition) is 5. The van der Waals surface area contributed by atoms with Gasteiger partial charge in [-0.05, 0) is 55.0 Å². The van der Waals surface area contributed by atoms with E-state index in [1.807, 2.05) is 26.0 Å². The zero-order valence-electron chi connectivity index (χ0n) is 18.1. The van der Waals surface area contributed by atoms with E-state index in [1.54, 1.807) is 12.1 Å². The van der Waals surface area contributed by atoms with E-state index in [0.29, 0.717) is 31.1 Å². The second-order valence-corrected chi connectivity index (χ2v) is 10.3. The van der Waals surface area contributed by atoms with Crippen molar-refractivity contribution in [1.82, 2.24) is 5.32 Å². The fraction of sp³-hybridized carbons (Fsp3) is 0.391. The Morgan fingerprint density at radius 2 is 1.94 bits per heavy atom. The summed E-state index contributed by atoms with van der Waals surface area (Å²) in [6, 6.07) is 11.3. The van der Waals surface area contributed by atoms with Crippen molar-refractivity contribution >= 4 is 39.2 Å². The Hall–Kier alpha value is -2.58. The van der Waals surface area contributed by atoms with Crippen LogP contribution in [0, 0.1) is 5.92 Å². The van der Waals surface area contributed by atoms with E-state index >= 15 is 0 Å². The van der Waals surface area contributed by atoms with Gasteiger partial charge in [-0.25, -0.2) is 13.2 Å². The molecule has 0 saturated heterocycles. The molecule has 9 heteroatoms. The van der Waals surface area contributed by atoms with Gasteiger partial charge in [0, 0.05) is 13.1 Å². The number of ether oxygens (including phenoxy) is 1. The molecule has 2 aromatic carbocycles. The van der Waals surface area contributed by atoms with Crippen LogP contribution in [0.2, 0.25) is 5.02 Å². The molecule has 1 amide bonds. The van der Waals surface area contributed by atoms with Crippen molar-refractivity contribution in [2.75, 3.05) is 24.0 Å². The van der Waals surface area contributed by atoms with Gasteiger partial charge in [-0.2, -0.15) is 0 Å². The van der Waals surface area contributed by atoms with Gasteiger partial charge in [0.15, 0.2) is 6.61 Å². The molecule has 0 saturated carbocycles. The minimum atomic E-state index is -3.91. The first-order valence-corrected chi connectivity index (χ1v) is 12.4. The molecule has 2 aromatic rings. The number of carbonyl (C=O) groups excluding carboxylic acids is 2. The maximum Gasteiger partial charge on any atom is 0.340 e. The molecule has 0 aliphatic carbocycles. The smallest absolute Gasteiger partial charge is 0.340 e. The molecule has 0 unspecified atom stereocenters. The lowest BCUT2D eigenvalue weighted by Crippen LogP contribution is -2.35. The normalized spacial score (nSPS) is 13.6. The minimum absolute atomic E-state index is 0.0493. The Labute approximate surface area is 193 Å². The first-order chi connectivity index (χ1) is 15.2. The van der Waals surface area contributed by atoms with Gasteiger partial charge >= 0.3 is 5.97 Å². The third kappa shape index (κ3) is 5.61. The summed E-state index contributed by atoms with van der Waals surface area (Å²) < 4.78 is 33.1. The van der Waals surface area contributed by atoms with Crippen LogP contribution < -0.4 is 9.62 Å². The standard InChI is InChI=1S/C23H27ClN2O5S/c1-16(2)11-12-25-22(27)15-31-23(28)19-14-18(9-10-20(19)24)32(29,30)26-13-5-7-17-6-3-4-8-21(17)26/h3-4,6,8-10,14,16H,5,7,11-13,15H2,1-2H3,(H,25,27). The second kappa shape index (κ2) is 10.4. The van der Waals surface area contributed by atoms with Crippen LogP contribution in [0.5, 0.6) is 0 Å². The Bertz CT molecular complexity index is 1100. The van der Waals surface area contributed by atoms with E-state index in [0.717, 1.165) is 18.4 Å². The van der Waals surface area contributed by atoms with E-state index in [2.05, 4.69) is 5.32 Å². The number of aryl methyl sites for hydroxylation is 1. The second-order valence-electron chi connectivity index (χ2n) is 8.06. The van der Waals surface area contributed by atoms with Gasteiger partial charge in [0.2, 0.25) is 0 Å². The molecule has 0 fully saturated rings. The highest BCUT2D eigenvalue weighted by Gasteiger charge is 2.30. The highest BCUT2D eigenvalue weighted by molar-refractivity contribution is 7.92. The molecule has 1 N–H and O–H groups in total. The van der Waals surface area contributed by atoms with Gasteiger partial charge in [-0.15, -0.1) is 0 Å². The molecule has 0 atom stereocenters. The number of fused-ring (bicyclic) bond motifs is 1. The largest absolute Gasteiger partial charge is 0.452 e. The average Bonchev–Trinajstić information content (AvgIpc) is 2.77. The number of halogens is 1. The van der Waals surface area contributed by atoms with Gasteiger partial charge in [0.1, 0.15) is 0 Å². The molecular formula is C23H27ClN2O5S. The van der Waals surface area contributed by atoms with E-state index < -0.39 is 28.5 Å². The number of nitrogens with zero attached hydrogens (tertiary/aromatic N) is 1. The van der Waals surface area contributed by atoms with E-state index in [9.17, 15) is 18.0 Å². The summed E-state index contributed by atoms with van der Waals surface area (Å²) in [5.74, 6) is -0.845. The predicted molar refractivity (Wildman–Crippen MR) is 123 cm³/mol. The molecule has 0 radical (unpaired) electrons. The number of amides is 1. The maximum absolute atomic E-state index is 13.3. The number of anilines is 1. The monoisotopic (exact) mass is 478 g/mol. The van der Waals surface area contributed by atoms with Crippen LogP contribution in [-0.2, 0) is 26.0 Å². The Kier molecular flexibility index (Phi) is 7.79. The van der Waals surface area contributed by atoms with Crippen molar-refractivity contribution in [2.45, 2.75) is 38.0 Å². The molecule has 1 aliphatic heterocycles. The number of rotatable bonds is 8. The minimum Gasteiger partial charge on any atom is -0.452 e. The molecular weight excluding hydrogens is 452 g/mol. The van der Waals surface area contributed by atoms with Gasteiger partial charge in [-0.3, -0.25) is 9.10 Å². The fourth-order valence-corrected chi connectivity index (χ4v) is 5.22. The highest BCUT2D eigenvalue weighted by Crippen LogP contribution is 2.32. The van der Waals surface area contributed by atoms with Crippen molar-refractivity contribution < 1.29 is 22.7 Å². The van der Waals surface area contributed by atoms with Crippen LogP contribution in [0.25, 0.3) is 0 Å². The SMILES string of the molecule is CC(C)CCNC(=O)COC(=O)c1cc(S(=O)(=O)N2CCCc3ccccc32)ccc1Cl. The zero-order valence-corrected chi connectivity index (χ0v) is 19.7. The first kappa shape index (κ1) is 24.1. The van der Waals surface area contributed by atoms with Crippen molar-refractivity contribution in [2.24, 2.45) is 5.92 Å². The Morgan fingerprint density at radius 1 is 1.19 bits per heavy atom. The molecule has 7 nitrogen and oxygen atoms in total. The van der Waals surface area contributed by atoms with Gasteiger partial charge in [0.25, 0.3) is 15.9 Å². The van der Waals surface area contributed by atoms with Gasteiger partial charge in [-0.1, -0.05) is 43.6 Å². The van der Waals surface area contributed by atoms with Gasteiger partial charge < -0.3 is 10.1 Å². The molecule has 0 spiro atoms. The Morgan fingerprint density at radius 3 is 2.69 bits per heavy atom. The van der Waals surface area contributed by atoms with Crippen molar-refractivity contribution in [3.63, 3.8) is 0 Å². The lowest BCUT2D eigenvalue weighted by Gasteiger charge is -2.30. The van der Waals surface area contributed by atoms with Crippen LogP contribution in [-0.4, -0.2) is 40.0 Å². The number of benzene rings is 2.